The molecule has 2 rings (SSSR count). The molecule has 1 atom stereocenters. The van der Waals surface area contributed by atoms with Gasteiger partial charge >= 0.3 is 0 Å². The fourth-order valence-corrected chi connectivity index (χ4v) is 3.54. The smallest absolute Gasteiger partial charge is 0.0604 e. The van der Waals surface area contributed by atoms with Gasteiger partial charge in [0.1, 0.15) is 0 Å². The van der Waals surface area contributed by atoms with E-state index < -0.39 is 0 Å². The first kappa shape index (κ1) is 12.0. The van der Waals surface area contributed by atoms with Gasteiger partial charge in [-0.25, -0.2) is 0 Å². The van der Waals surface area contributed by atoms with E-state index in [0.29, 0.717) is 11.8 Å². The quantitative estimate of drug-likeness (QED) is 0.842. The molecule has 0 aliphatic heterocycles. The van der Waals surface area contributed by atoms with Crippen LogP contribution in [0.4, 0.5) is 0 Å². The van der Waals surface area contributed by atoms with E-state index in [4.69, 9.17) is 17.3 Å². The van der Waals surface area contributed by atoms with Gasteiger partial charge in [0.15, 0.2) is 0 Å². The molecule has 0 amide bonds. The van der Waals surface area contributed by atoms with Crippen molar-refractivity contribution in [2.75, 3.05) is 6.54 Å². The van der Waals surface area contributed by atoms with Crippen molar-refractivity contribution in [1.29, 1.82) is 0 Å². The number of hydrogen-bond donors (Lipinski definition) is 1. The summed E-state index contributed by atoms with van der Waals surface area (Å²) in [6.45, 7) is 0.629. The van der Waals surface area contributed by atoms with Gasteiger partial charge < -0.3 is 5.73 Å². The summed E-state index contributed by atoms with van der Waals surface area (Å²) in [5.41, 5.74) is 7.04. The average Bonchev–Trinajstić information content (AvgIpc) is 2.80. The van der Waals surface area contributed by atoms with Gasteiger partial charge in [0.25, 0.3) is 0 Å². The van der Waals surface area contributed by atoms with Crippen LogP contribution < -0.4 is 5.73 Å². The van der Waals surface area contributed by atoms with Gasteiger partial charge in [0.05, 0.1) is 4.21 Å². The number of halogens is 1. The van der Waals surface area contributed by atoms with Crippen molar-refractivity contribution < 1.29 is 0 Å². The maximum atomic E-state index is 5.87. The Hall–Kier alpha value is -0.480. The van der Waals surface area contributed by atoms with Crippen molar-refractivity contribution in [3.8, 4) is 0 Å². The number of rotatable bonds is 4. The highest BCUT2D eigenvalue weighted by Crippen LogP contribution is 2.37. The molecule has 4 heteroatoms. The van der Waals surface area contributed by atoms with E-state index in [-0.39, 0.29) is 0 Å². The van der Waals surface area contributed by atoms with Crippen LogP contribution in [0, 0.1) is 0 Å². The van der Waals surface area contributed by atoms with Crippen molar-refractivity contribution in [3.63, 3.8) is 0 Å². The van der Waals surface area contributed by atoms with E-state index in [2.05, 4.69) is 17.5 Å². The number of thiophene rings is 1. The van der Waals surface area contributed by atoms with Gasteiger partial charge in [0.2, 0.25) is 0 Å². The molecule has 1 heterocycles. The van der Waals surface area contributed by atoms with Crippen LogP contribution in [0.2, 0.25) is 5.02 Å². The van der Waals surface area contributed by atoms with Crippen LogP contribution in [0.5, 0.6) is 0 Å². The second-order valence-electron chi connectivity index (χ2n) is 3.33. The van der Waals surface area contributed by atoms with E-state index in [1.165, 1.54) is 9.77 Å². The van der Waals surface area contributed by atoms with E-state index in [0.717, 1.165) is 5.02 Å². The fraction of sp³-hybridized carbons (Fsp3) is 0.167. The maximum absolute atomic E-state index is 5.87. The summed E-state index contributed by atoms with van der Waals surface area (Å²) in [5.74, 6) is 0. The topological polar surface area (TPSA) is 26.0 Å². The van der Waals surface area contributed by atoms with Gasteiger partial charge in [0, 0.05) is 16.8 Å². The molecule has 0 aliphatic rings. The lowest BCUT2D eigenvalue weighted by Gasteiger charge is -2.13. The van der Waals surface area contributed by atoms with Gasteiger partial charge in [-0.15, -0.1) is 23.1 Å². The number of benzene rings is 1. The zero-order valence-electron chi connectivity index (χ0n) is 8.60. The Morgan fingerprint density at radius 1 is 1.25 bits per heavy atom. The zero-order valence-corrected chi connectivity index (χ0v) is 11.0. The number of nitrogens with two attached hydrogens (primary N) is 1. The Balaban J connectivity index is 2.13. The van der Waals surface area contributed by atoms with Crippen LogP contribution >= 0.6 is 34.7 Å². The van der Waals surface area contributed by atoms with E-state index in [1.807, 2.05) is 24.3 Å². The molecule has 0 fully saturated rings. The summed E-state index contributed by atoms with van der Waals surface area (Å²) in [4.78, 5) is 0. The molecule has 0 saturated carbocycles. The Morgan fingerprint density at radius 2 is 2.00 bits per heavy atom. The minimum atomic E-state index is 0.302. The van der Waals surface area contributed by atoms with Crippen molar-refractivity contribution in [1.82, 2.24) is 0 Å². The highest BCUT2D eigenvalue weighted by molar-refractivity contribution is 8.01. The number of thioether (sulfide) groups is 1. The molecule has 2 aromatic rings. The largest absolute Gasteiger partial charge is 0.329 e. The molecule has 1 aromatic heterocycles. The maximum Gasteiger partial charge on any atom is 0.0604 e. The lowest BCUT2D eigenvalue weighted by molar-refractivity contribution is 0.942. The predicted octanol–water partition coefficient (Wildman–Crippen LogP) is 4.19. The molecule has 1 unspecified atom stereocenters. The second-order valence-corrected chi connectivity index (χ2v) is 6.21. The van der Waals surface area contributed by atoms with Crippen molar-refractivity contribution in [2.45, 2.75) is 9.46 Å². The lowest BCUT2D eigenvalue weighted by Crippen LogP contribution is -2.08. The first-order chi connectivity index (χ1) is 7.79. The van der Waals surface area contributed by atoms with Crippen LogP contribution in [0.15, 0.2) is 46.0 Å². The summed E-state index contributed by atoms with van der Waals surface area (Å²) >= 11 is 9.42. The summed E-state index contributed by atoms with van der Waals surface area (Å²) < 4.78 is 1.30. The average molecular weight is 270 g/mol. The second kappa shape index (κ2) is 5.73. The van der Waals surface area contributed by atoms with Gasteiger partial charge in [-0.1, -0.05) is 29.8 Å². The Kier molecular flexibility index (Phi) is 4.29. The van der Waals surface area contributed by atoms with Crippen LogP contribution in [0.25, 0.3) is 0 Å². The van der Waals surface area contributed by atoms with Crippen LogP contribution in [-0.2, 0) is 0 Å². The first-order valence-corrected chi connectivity index (χ1v) is 7.09. The summed E-state index contributed by atoms with van der Waals surface area (Å²) in [5, 5.41) is 3.15. The molecule has 0 radical (unpaired) electrons. The first-order valence-electron chi connectivity index (χ1n) is 4.95. The lowest BCUT2D eigenvalue weighted by atomic mass is 10.1. The Bertz CT molecular complexity index is 425. The molecule has 0 spiro atoms. The fourth-order valence-electron chi connectivity index (χ4n) is 1.40. The van der Waals surface area contributed by atoms with Crippen molar-refractivity contribution in [2.24, 2.45) is 5.73 Å². The third-order valence-electron chi connectivity index (χ3n) is 2.21. The Labute approximate surface area is 109 Å². The third-order valence-corrected chi connectivity index (χ3v) is 4.82. The standard InChI is InChI=1S/C12H12ClNS2/c13-10-5-3-9(4-6-10)11(8-14)16-12-2-1-7-15-12/h1-7,11H,8,14H2. The van der Waals surface area contributed by atoms with E-state index >= 15 is 0 Å². The summed E-state index contributed by atoms with van der Waals surface area (Å²) in [6.07, 6.45) is 0. The molecule has 2 N–H and O–H groups in total. The van der Waals surface area contributed by atoms with Gasteiger partial charge in [-0.2, -0.15) is 0 Å². The minimum absolute atomic E-state index is 0.302. The molecule has 0 saturated heterocycles. The molecule has 1 aromatic carbocycles. The Morgan fingerprint density at radius 3 is 2.56 bits per heavy atom. The highest BCUT2D eigenvalue weighted by atomic mass is 35.5. The molecule has 16 heavy (non-hydrogen) atoms. The van der Waals surface area contributed by atoms with Gasteiger partial charge in [-0.3, -0.25) is 0 Å². The summed E-state index contributed by atoms with van der Waals surface area (Å²) in [7, 11) is 0. The third kappa shape index (κ3) is 3.01. The molecular formula is C12H12ClNS2. The molecule has 0 bridgehead atoms. The van der Waals surface area contributed by atoms with Crippen molar-refractivity contribution >= 4 is 34.7 Å². The van der Waals surface area contributed by atoms with Crippen LogP contribution in [0.3, 0.4) is 0 Å². The van der Waals surface area contributed by atoms with Gasteiger partial charge in [-0.05, 0) is 29.1 Å². The van der Waals surface area contributed by atoms with Crippen molar-refractivity contribution in [3.05, 3.63) is 52.4 Å². The normalized spacial score (nSPS) is 12.6. The van der Waals surface area contributed by atoms with Crippen LogP contribution in [0.1, 0.15) is 10.8 Å². The van der Waals surface area contributed by atoms with Crippen LogP contribution in [-0.4, -0.2) is 6.54 Å². The molecular weight excluding hydrogens is 258 g/mol. The monoisotopic (exact) mass is 269 g/mol. The molecule has 1 nitrogen and oxygen atoms in total. The zero-order chi connectivity index (χ0) is 11.4. The molecule has 0 aliphatic carbocycles. The number of hydrogen-bond acceptors (Lipinski definition) is 3. The molecule has 84 valence electrons. The summed E-state index contributed by atoms with van der Waals surface area (Å²) in [6, 6.07) is 12.1. The minimum Gasteiger partial charge on any atom is -0.329 e. The van der Waals surface area contributed by atoms with E-state index in [1.54, 1.807) is 23.1 Å². The highest BCUT2D eigenvalue weighted by Gasteiger charge is 2.11. The van der Waals surface area contributed by atoms with E-state index in [9.17, 15) is 0 Å². The SMILES string of the molecule is NCC(Sc1cccs1)c1ccc(Cl)cc1. The predicted molar refractivity (Wildman–Crippen MR) is 73.4 cm³/mol.